The minimum absolute atomic E-state index is 0.0390. The summed E-state index contributed by atoms with van der Waals surface area (Å²) in [5.74, 6) is 0.0390. The second kappa shape index (κ2) is 4.29. The van der Waals surface area contributed by atoms with E-state index in [0.717, 1.165) is 15.9 Å². The number of halogens is 1. The Kier molecular flexibility index (Phi) is 3.20. The molecule has 0 amide bonds. The van der Waals surface area contributed by atoms with Crippen LogP contribution < -0.4 is 5.56 Å². The molecule has 0 aliphatic rings. The monoisotopic (exact) mass is 289 g/mol. The van der Waals surface area contributed by atoms with E-state index >= 15 is 0 Å². The van der Waals surface area contributed by atoms with Gasteiger partial charge in [-0.2, -0.15) is 4.98 Å². The molecule has 1 atom stereocenters. The van der Waals surface area contributed by atoms with Crippen LogP contribution in [-0.4, -0.2) is 25.3 Å². The van der Waals surface area contributed by atoms with E-state index in [1.165, 1.54) is 27.2 Å². The highest BCUT2D eigenvalue weighted by atomic mass is 32.2. The van der Waals surface area contributed by atoms with Gasteiger partial charge in [-0.15, -0.1) is 0 Å². The molecule has 0 saturated heterocycles. The summed E-state index contributed by atoms with van der Waals surface area (Å²) in [6, 6.07) is 0. The van der Waals surface area contributed by atoms with Crippen molar-refractivity contribution >= 4 is 32.9 Å². The van der Waals surface area contributed by atoms with E-state index in [1.807, 2.05) is 0 Å². The van der Waals surface area contributed by atoms with Crippen molar-refractivity contribution in [3.05, 3.63) is 16.2 Å². The van der Waals surface area contributed by atoms with Gasteiger partial charge in [0.05, 0.1) is 0 Å². The second-order valence-electron chi connectivity index (χ2n) is 4.36. The first-order chi connectivity index (χ1) is 8.21. The molecule has 1 unspecified atom stereocenters. The molecule has 0 N–H and O–H groups in total. The molecule has 18 heavy (non-hydrogen) atoms. The maximum atomic E-state index is 14.0. The number of aromatic nitrogens is 3. The van der Waals surface area contributed by atoms with Crippen LogP contribution in [0.4, 0.5) is 4.39 Å². The lowest BCUT2D eigenvalue weighted by Gasteiger charge is -2.16. The fourth-order valence-electron chi connectivity index (χ4n) is 1.59. The van der Waals surface area contributed by atoms with E-state index in [4.69, 9.17) is 0 Å². The molecule has 2 rings (SSSR count). The minimum Gasteiger partial charge on any atom is -0.610 e. The molecule has 0 radical (unpaired) electrons. The van der Waals surface area contributed by atoms with E-state index in [9.17, 15) is 13.7 Å². The van der Waals surface area contributed by atoms with Crippen LogP contribution in [0.25, 0.3) is 10.3 Å². The van der Waals surface area contributed by atoms with Gasteiger partial charge in [0.15, 0.2) is 16.0 Å². The van der Waals surface area contributed by atoms with Crippen LogP contribution in [0.15, 0.2) is 9.13 Å². The molecule has 5 nitrogen and oxygen atoms in total. The number of thiazole rings is 1. The molecule has 2 aromatic heterocycles. The number of hydrogen-bond acceptors (Lipinski definition) is 5. The van der Waals surface area contributed by atoms with Crippen LogP contribution >= 0.6 is 11.3 Å². The Labute approximate surface area is 110 Å². The van der Waals surface area contributed by atoms with E-state index in [0.29, 0.717) is 9.17 Å². The van der Waals surface area contributed by atoms with Crippen molar-refractivity contribution in [3.8, 4) is 0 Å². The summed E-state index contributed by atoms with van der Waals surface area (Å²) in [6.45, 7) is 2.67. The summed E-state index contributed by atoms with van der Waals surface area (Å²) in [5, 5.41) is 0. The van der Waals surface area contributed by atoms with Gasteiger partial charge >= 0.3 is 4.34 Å². The lowest BCUT2D eigenvalue weighted by atomic mass is 10.1. The van der Waals surface area contributed by atoms with E-state index in [1.54, 1.807) is 0 Å². The third-order valence-electron chi connectivity index (χ3n) is 2.40. The van der Waals surface area contributed by atoms with Crippen molar-refractivity contribution in [2.24, 2.45) is 7.05 Å². The predicted octanol–water partition coefficient (Wildman–Crippen LogP) is 1.33. The van der Waals surface area contributed by atoms with Crippen molar-refractivity contribution < 1.29 is 8.94 Å². The maximum absolute atomic E-state index is 14.0. The van der Waals surface area contributed by atoms with Crippen molar-refractivity contribution in [2.45, 2.75) is 23.9 Å². The summed E-state index contributed by atoms with van der Waals surface area (Å²) < 4.78 is 26.8. The fraction of sp³-hybridized carbons (Fsp3) is 0.500. The largest absolute Gasteiger partial charge is 0.610 e. The molecule has 0 spiro atoms. The molecular weight excluding hydrogens is 277 g/mol. The van der Waals surface area contributed by atoms with Crippen LogP contribution in [0.1, 0.15) is 19.7 Å². The molecule has 2 heterocycles. The number of hydrogen-bond donors (Lipinski definition) is 0. The first kappa shape index (κ1) is 13.4. The van der Waals surface area contributed by atoms with Crippen LogP contribution in [0, 0.1) is 0 Å². The molecule has 0 aliphatic carbocycles. The standard InChI is InChI=1S/C10H12FN3O2S2/c1-10(2,11)8-13-6-5(7(15)14(8)3)12-9(17-6)18(4)16/h1-4H3. The molecule has 0 saturated carbocycles. The minimum atomic E-state index is -1.72. The van der Waals surface area contributed by atoms with Crippen LogP contribution in [0.3, 0.4) is 0 Å². The Hall–Kier alpha value is -0.990. The van der Waals surface area contributed by atoms with Crippen molar-refractivity contribution in [3.63, 3.8) is 0 Å². The predicted molar refractivity (Wildman–Crippen MR) is 69.1 cm³/mol. The zero-order valence-electron chi connectivity index (χ0n) is 10.4. The number of rotatable bonds is 2. The zero-order chi connectivity index (χ0) is 13.7. The third-order valence-corrected chi connectivity index (χ3v) is 4.68. The number of alkyl halides is 1. The van der Waals surface area contributed by atoms with Gasteiger partial charge < -0.3 is 4.55 Å². The molecule has 8 heteroatoms. The summed E-state index contributed by atoms with van der Waals surface area (Å²) in [4.78, 5) is 20.5. The van der Waals surface area contributed by atoms with Gasteiger partial charge in [0.25, 0.3) is 5.56 Å². The topological polar surface area (TPSA) is 70.8 Å². The molecule has 0 aliphatic heterocycles. The van der Waals surface area contributed by atoms with Gasteiger partial charge in [-0.3, -0.25) is 9.36 Å². The van der Waals surface area contributed by atoms with Crippen LogP contribution in [0.2, 0.25) is 0 Å². The smallest absolute Gasteiger partial charge is 0.304 e. The van der Waals surface area contributed by atoms with Gasteiger partial charge in [0.1, 0.15) is 12.1 Å². The number of nitrogens with zero attached hydrogens (tertiary/aromatic N) is 3. The van der Waals surface area contributed by atoms with Crippen molar-refractivity contribution in [1.29, 1.82) is 0 Å². The molecule has 0 bridgehead atoms. The van der Waals surface area contributed by atoms with Gasteiger partial charge in [-0.05, 0) is 25.2 Å². The van der Waals surface area contributed by atoms with Gasteiger partial charge in [0, 0.05) is 18.2 Å². The quantitative estimate of drug-likeness (QED) is 0.782. The highest BCUT2D eigenvalue weighted by Gasteiger charge is 2.27. The van der Waals surface area contributed by atoms with Crippen LogP contribution in [-0.2, 0) is 23.9 Å². The van der Waals surface area contributed by atoms with E-state index in [2.05, 4.69) is 9.97 Å². The average Bonchev–Trinajstić information content (AvgIpc) is 2.65. The number of fused-ring (bicyclic) bond motifs is 1. The first-order valence-electron chi connectivity index (χ1n) is 5.12. The Balaban J connectivity index is 2.80. The summed E-state index contributed by atoms with van der Waals surface area (Å²) in [7, 11) is 1.45. The van der Waals surface area contributed by atoms with Crippen molar-refractivity contribution in [2.75, 3.05) is 6.26 Å². The third kappa shape index (κ3) is 2.15. The van der Waals surface area contributed by atoms with E-state index < -0.39 is 22.4 Å². The Morgan fingerprint density at radius 1 is 1.44 bits per heavy atom. The maximum Gasteiger partial charge on any atom is 0.304 e. The van der Waals surface area contributed by atoms with Gasteiger partial charge in [0.2, 0.25) is 0 Å². The Morgan fingerprint density at radius 3 is 2.56 bits per heavy atom. The Morgan fingerprint density at radius 2 is 2.06 bits per heavy atom. The summed E-state index contributed by atoms with van der Waals surface area (Å²) in [6.07, 6.45) is 1.47. The van der Waals surface area contributed by atoms with Gasteiger partial charge in [-0.25, -0.2) is 9.37 Å². The lowest BCUT2D eigenvalue weighted by Crippen LogP contribution is -2.28. The molecular formula is C10H12FN3O2S2. The normalized spacial score (nSPS) is 14.1. The molecule has 98 valence electrons. The van der Waals surface area contributed by atoms with Crippen molar-refractivity contribution in [1.82, 2.24) is 14.5 Å². The van der Waals surface area contributed by atoms with Gasteiger partial charge in [-0.1, -0.05) is 0 Å². The zero-order valence-corrected chi connectivity index (χ0v) is 12.0. The SMILES string of the molecule is Cn1c(C(C)(C)F)nc2sc([S+](C)[O-])nc2c1=O. The Bertz CT molecular complexity index is 657. The second-order valence-corrected chi connectivity index (χ2v) is 6.89. The highest BCUT2D eigenvalue weighted by Crippen LogP contribution is 2.26. The lowest BCUT2D eigenvalue weighted by molar-refractivity contribution is 0.199. The first-order valence-corrected chi connectivity index (χ1v) is 7.49. The summed E-state index contributed by atoms with van der Waals surface area (Å²) in [5.41, 5.74) is -2.01. The highest BCUT2D eigenvalue weighted by molar-refractivity contribution is 7.92. The summed E-state index contributed by atoms with van der Waals surface area (Å²) >= 11 is -0.223. The molecule has 0 fully saturated rings. The molecule has 0 aromatic carbocycles. The van der Waals surface area contributed by atoms with Crippen LogP contribution in [0.5, 0.6) is 0 Å². The average molecular weight is 289 g/mol. The fourth-order valence-corrected chi connectivity index (χ4v) is 3.18. The molecule has 2 aromatic rings. The van der Waals surface area contributed by atoms with E-state index in [-0.39, 0.29) is 11.3 Å².